The van der Waals surface area contributed by atoms with Crippen molar-refractivity contribution in [2.45, 2.75) is 38.3 Å². The Morgan fingerprint density at radius 2 is 2.00 bits per heavy atom. The van der Waals surface area contributed by atoms with Crippen molar-refractivity contribution in [3.05, 3.63) is 0 Å². The molecule has 2 aliphatic rings. The molecular weight excluding hydrogens is 228 g/mol. The lowest BCUT2D eigenvalue weighted by atomic mass is 10.2. The Kier molecular flexibility index (Phi) is 4.97. The predicted molar refractivity (Wildman–Crippen MR) is 72.3 cm³/mol. The number of nitrogens with one attached hydrogen (secondary N) is 1. The van der Waals surface area contributed by atoms with E-state index in [2.05, 4.69) is 15.1 Å². The van der Waals surface area contributed by atoms with Crippen LogP contribution >= 0.6 is 0 Å². The molecule has 3 N–H and O–H groups in total. The van der Waals surface area contributed by atoms with E-state index in [0.29, 0.717) is 6.04 Å². The first-order valence-electron chi connectivity index (χ1n) is 7.17. The molecule has 1 aliphatic heterocycles. The van der Waals surface area contributed by atoms with Gasteiger partial charge in [-0.1, -0.05) is 0 Å². The summed E-state index contributed by atoms with van der Waals surface area (Å²) in [4.78, 5) is 16.7. The lowest BCUT2D eigenvalue weighted by Gasteiger charge is -2.37. The van der Waals surface area contributed by atoms with E-state index in [1.54, 1.807) is 0 Å². The Morgan fingerprint density at radius 3 is 2.56 bits per heavy atom. The van der Waals surface area contributed by atoms with Crippen LogP contribution in [0, 0.1) is 0 Å². The van der Waals surface area contributed by atoms with E-state index >= 15 is 0 Å². The van der Waals surface area contributed by atoms with E-state index in [-0.39, 0.29) is 11.9 Å². The molecule has 0 aromatic rings. The molecule has 1 saturated heterocycles. The summed E-state index contributed by atoms with van der Waals surface area (Å²) in [5.74, 6) is 0.202. The van der Waals surface area contributed by atoms with E-state index in [9.17, 15) is 4.79 Å². The van der Waals surface area contributed by atoms with Gasteiger partial charge >= 0.3 is 0 Å². The van der Waals surface area contributed by atoms with Crippen LogP contribution in [0.1, 0.15) is 26.2 Å². The highest BCUT2D eigenvalue weighted by Gasteiger charge is 2.29. The fourth-order valence-corrected chi connectivity index (χ4v) is 2.40. The molecule has 104 valence electrons. The summed E-state index contributed by atoms with van der Waals surface area (Å²) < 4.78 is 0. The van der Waals surface area contributed by atoms with E-state index in [0.717, 1.165) is 58.5 Å². The van der Waals surface area contributed by atoms with Crippen molar-refractivity contribution in [1.82, 2.24) is 15.1 Å². The average Bonchev–Trinajstić information content (AvgIpc) is 3.20. The molecule has 0 spiro atoms. The van der Waals surface area contributed by atoms with Crippen molar-refractivity contribution in [3.63, 3.8) is 0 Å². The molecule has 1 aliphatic carbocycles. The zero-order valence-electron chi connectivity index (χ0n) is 11.4. The molecule has 1 saturated carbocycles. The topological polar surface area (TPSA) is 61.6 Å². The molecule has 5 nitrogen and oxygen atoms in total. The van der Waals surface area contributed by atoms with Gasteiger partial charge in [0, 0.05) is 32.2 Å². The number of nitrogens with two attached hydrogens (primary N) is 1. The van der Waals surface area contributed by atoms with Crippen molar-refractivity contribution in [2.24, 2.45) is 5.73 Å². The van der Waals surface area contributed by atoms with Gasteiger partial charge in [-0.2, -0.15) is 0 Å². The molecule has 2 fully saturated rings. The first-order chi connectivity index (χ1) is 8.70. The monoisotopic (exact) mass is 254 g/mol. The van der Waals surface area contributed by atoms with Gasteiger partial charge in [-0.15, -0.1) is 0 Å². The van der Waals surface area contributed by atoms with Crippen molar-refractivity contribution < 1.29 is 4.79 Å². The summed E-state index contributed by atoms with van der Waals surface area (Å²) in [7, 11) is 0. The number of amides is 1. The van der Waals surface area contributed by atoms with Crippen LogP contribution in [0.4, 0.5) is 0 Å². The van der Waals surface area contributed by atoms with E-state index in [4.69, 9.17) is 5.73 Å². The van der Waals surface area contributed by atoms with Crippen LogP contribution < -0.4 is 11.1 Å². The quantitative estimate of drug-likeness (QED) is 0.678. The maximum atomic E-state index is 12.0. The zero-order chi connectivity index (χ0) is 13.0. The Bertz CT molecular complexity index is 272. The highest BCUT2D eigenvalue weighted by Crippen LogP contribution is 2.19. The second-order valence-corrected chi connectivity index (χ2v) is 5.48. The number of piperazine rings is 1. The summed E-state index contributed by atoms with van der Waals surface area (Å²) >= 11 is 0. The van der Waals surface area contributed by atoms with Gasteiger partial charge in [0.25, 0.3) is 0 Å². The largest absolute Gasteiger partial charge is 0.352 e. The maximum Gasteiger partial charge on any atom is 0.237 e. The second kappa shape index (κ2) is 6.50. The maximum absolute atomic E-state index is 12.0. The second-order valence-electron chi connectivity index (χ2n) is 5.48. The molecule has 0 aromatic carbocycles. The minimum atomic E-state index is 0.0160. The zero-order valence-corrected chi connectivity index (χ0v) is 11.4. The molecule has 1 heterocycles. The van der Waals surface area contributed by atoms with Gasteiger partial charge in [0.1, 0.15) is 0 Å². The van der Waals surface area contributed by atoms with Gasteiger partial charge in [-0.05, 0) is 39.3 Å². The van der Waals surface area contributed by atoms with E-state index < -0.39 is 0 Å². The van der Waals surface area contributed by atoms with Gasteiger partial charge in [-0.25, -0.2) is 0 Å². The standard InChI is InChI=1S/C13H26N4O/c1-11(13(18)15-12-3-4-12)17-9-7-16(8-10-17)6-2-5-14/h11-12H,2-10,14H2,1H3,(H,15,18). The first-order valence-corrected chi connectivity index (χ1v) is 7.17. The van der Waals surface area contributed by atoms with Crippen molar-refractivity contribution >= 4 is 5.91 Å². The molecule has 1 unspecified atom stereocenters. The molecule has 1 amide bonds. The lowest BCUT2D eigenvalue weighted by molar-refractivity contribution is -0.126. The van der Waals surface area contributed by atoms with Gasteiger partial charge in [0.15, 0.2) is 0 Å². The van der Waals surface area contributed by atoms with Crippen LogP contribution in [-0.4, -0.2) is 67.1 Å². The molecule has 2 rings (SSSR count). The smallest absolute Gasteiger partial charge is 0.237 e. The SMILES string of the molecule is CC(C(=O)NC1CC1)N1CCN(CCCN)CC1. The Morgan fingerprint density at radius 1 is 1.33 bits per heavy atom. The minimum absolute atomic E-state index is 0.0160. The molecule has 5 heteroatoms. The molecular formula is C13H26N4O. The van der Waals surface area contributed by atoms with Crippen LogP contribution in [-0.2, 0) is 4.79 Å². The van der Waals surface area contributed by atoms with Crippen molar-refractivity contribution in [1.29, 1.82) is 0 Å². The van der Waals surface area contributed by atoms with Gasteiger partial charge in [0.2, 0.25) is 5.91 Å². The average molecular weight is 254 g/mol. The number of nitrogens with zero attached hydrogens (tertiary/aromatic N) is 2. The first kappa shape index (κ1) is 13.8. The molecule has 0 aromatic heterocycles. The van der Waals surface area contributed by atoms with Gasteiger partial charge in [0.05, 0.1) is 6.04 Å². The fourth-order valence-electron chi connectivity index (χ4n) is 2.40. The van der Waals surface area contributed by atoms with Crippen LogP contribution in [0.3, 0.4) is 0 Å². The minimum Gasteiger partial charge on any atom is -0.352 e. The van der Waals surface area contributed by atoms with Gasteiger partial charge < -0.3 is 16.0 Å². The summed E-state index contributed by atoms with van der Waals surface area (Å²) in [6, 6.07) is 0.480. The summed E-state index contributed by atoms with van der Waals surface area (Å²) in [6.07, 6.45) is 3.38. The normalized spacial score (nSPS) is 23.9. The number of carbonyl (C=O) groups is 1. The van der Waals surface area contributed by atoms with E-state index in [1.165, 1.54) is 0 Å². The van der Waals surface area contributed by atoms with E-state index in [1.807, 2.05) is 6.92 Å². The Labute approximate surface area is 110 Å². The lowest BCUT2D eigenvalue weighted by Crippen LogP contribution is -2.54. The third-order valence-corrected chi connectivity index (χ3v) is 3.94. The Hall–Kier alpha value is -0.650. The third kappa shape index (κ3) is 3.93. The van der Waals surface area contributed by atoms with Crippen LogP contribution in [0.2, 0.25) is 0 Å². The molecule has 0 radical (unpaired) electrons. The summed E-state index contributed by atoms with van der Waals surface area (Å²) in [6.45, 7) is 7.97. The number of rotatable bonds is 6. The van der Waals surface area contributed by atoms with Crippen molar-refractivity contribution in [2.75, 3.05) is 39.3 Å². The fraction of sp³-hybridized carbons (Fsp3) is 0.923. The van der Waals surface area contributed by atoms with Crippen molar-refractivity contribution in [3.8, 4) is 0 Å². The highest BCUT2D eigenvalue weighted by molar-refractivity contribution is 5.81. The molecule has 18 heavy (non-hydrogen) atoms. The predicted octanol–water partition coefficient (Wildman–Crippen LogP) is -0.380. The highest BCUT2D eigenvalue weighted by atomic mass is 16.2. The third-order valence-electron chi connectivity index (χ3n) is 3.94. The number of hydrogen-bond acceptors (Lipinski definition) is 4. The molecule has 0 bridgehead atoms. The van der Waals surface area contributed by atoms with Gasteiger partial charge in [-0.3, -0.25) is 9.69 Å². The number of hydrogen-bond donors (Lipinski definition) is 2. The number of carbonyl (C=O) groups excluding carboxylic acids is 1. The molecule has 1 atom stereocenters. The van der Waals surface area contributed by atoms with Crippen LogP contribution in [0.15, 0.2) is 0 Å². The Balaban J connectivity index is 1.69. The van der Waals surface area contributed by atoms with Crippen LogP contribution in [0.5, 0.6) is 0 Å². The summed E-state index contributed by atoms with van der Waals surface area (Å²) in [5.41, 5.74) is 5.52. The summed E-state index contributed by atoms with van der Waals surface area (Å²) in [5, 5.41) is 3.09. The van der Waals surface area contributed by atoms with Crippen LogP contribution in [0.25, 0.3) is 0 Å².